The molecule has 16 heavy (non-hydrogen) atoms. The third-order valence-corrected chi connectivity index (χ3v) is 2.58. The van der Waals surface area contributed by atoms with Crippen LogP contribution in [0.2, 0.25) is 0 Å². The monoisotopic (exact) mass is 225 g/mol. The van der Waals surface area contributed by atoms with Gasteiger partial charge in [0.1, 0.15) is 0 Å². The lowest BCUT2D eigenvalue weighted by Crippen LogP contribution is -2.28. The normalized spacial score (nSPS) is 13.0. The lowest BCUT2D eigenvalue weighted by atomic mass is 10.2. The number of carboxylic acid groups (broad SMARTS) is 1. The van der Waals surface area contributed by atoms with Gasteiger partial charge in [0.2, 0.25) is 0 Å². The molecule has 0 bridgehead atoms. The predicted molar refractivity (Wildman–Crippen MR) is 61.0 cm³/mol. The summed E-state index contributed by atoms with van der Waals surface area (Å²) in [5.41, 5.74) is 1.11. The second kappa shape index (κ2) is 5.65. The Morgan fingerprint density at radius 1 is 1.69 bits per heavy atom. The Kier molecular flexibility index (Phi) is 4.49. The second-order valence-electron chi connectivity index (χ2n) is 4.11. The number of aromatic nitrogens is 2. The molecule has 1 aromatic rings. The van der Waals surface area contributed by atoms with Crippen LogP contribution >= 0.6 is 0 Å². The molecule has 0 radical (unpaired) electrons. The highest BCUT2D eigenvalue weighted by atomic mass is 16.4. The molecule has 0 spiro atoms. The summed E-state index contributed by atoms with van der Waals surface area (Å²) >= 11 is 0. The van der Waals surface area contributed by atoms with Crippen molar-refractivity contribution in [1.82, 2.24) is 14.5 Å². The van der Waals surface area contributed by atoms with Gasteiger partial charge < -0.3 is 9.67 Å². The fourth-order valence-corrected chi connectivity index (χ4v) is 1.65. The summed E-state index contributed by atoms with van der Waals surface area (Å²) in [4.78, 5) is 16.8. The molecule has 1 heterocycles. The Morgan fingerprint density at radius 2 is 2.38 bits per heavy atom. The highest BCUT2D eigenvalue weighted by Gasteiger charge is 2.14. The summed E-state index contributed by atoms with van der Waals surface area (Å²) in [5, 5.41) is 8.81. The van der Waals surface area contributed by atoms with Gasteiger partial charge in [0.15, 0.2) is 0 Å². The molecule has 1 N–H and O–H groups in total. The maximum atomic E-state index is 10.7. The van der Waals surface area contributed by atoms with Gasteiger partial charge in [-0.2, -0.15) is 0 Å². The van der Waals surface area contributed by atoms with Crippen LogP contribution in [0.25, 0.3) is 0 Å². The minimum atomic E-state index is -0.754. The molecule has 0 aromatic carbocycles. The summed E-state index contributed by atoms with van der Waals surface area (Å²) in [6.07, 6.45) is 3.62. The molecule has 0 aliphatic heterocycles. The van der Waals surface area contributed by atoms with Crippen molar-refractivity contribution in [2.75, 3.05) is 13.6 Å². The number of aliphatic carboxylic acids is 1. The van der Waals surface area contributed by atoms with Crippen LogP contribution in [0.15, 0.2) is 12.5 Å². The third kappa shape index (κ3) is 3.34. The number of hydrogen-bond donors (Lipinski definition) is 1. The van der Waals surface area contributed by atoms with Crippen molar-refractivity contribution in [3.05, 3.63) is 18.2 Å². The quantitative estimate of drug-likeness (QED) is 0.786. The van der Waals surface area contributed by atoms with E-state index in [1.165, 1.54) is 0 Å². The van der Waals surface area contributed by atoms with E-state index in [2.05, 4.69) is 16.5 Å². The largest absolute Gasteiger partial charge is 0.481 e. The first-order chi connectivity index (χ1) is 7.54. The minimum absolute atomic E-state index is 0.344. The lowest BCUT2D eigenvalue weighted by molar-refractivity contribution is -0.141. The molecule has 5 heteroatoms. The van der Waals surface area contributed by atoms with Crippen molar-refractivity contribution in [1.29, 1.82) is 0 Å². The van der Waals surface area contributed by atoms with Crippen molar-refractivity contribution in [2.24, 2.45) is 5.92 Å². The van der Waals surface area contributed by atoms with E-state index in [0.29, 0.717) is 6.54 Å². The van der Waals surface area contributed by atoms with Gasteiger partial charge in [-0.25, -0.2) is 4.98 Å². The van der Waals surface area contributed by atoms with E-state index in [1.54, 1.807) is 13.3 Å². The summed E-state index contributed by atoms with van der Waals surface area (Å²) in [7, 11) is 1.92. The molecular formula is C11H19N3O2. The number of carboxylic acids is 1. The number of imidazole rings is 1. The van der Waals surface area contributed by atoms with Crippen LogP contribution in [0.5, 0.6) is 0 Å². The van der Waals surface area contributed by atoms with Gasteiger partial charge in [0.25, 0.3) is 0 Å². The zero-order valence-electron chi connectivity index (χ0n) is 10.1. The van der Waals surface area contributed by atoms with E-state index in [-0.39, 0.29) is 5.92 Å². The van der Waals surface area contributed by atoms with Gasteiger partial charge in [-0.1, -0.05) is 6.92 Å². The maximum absolute atomic E-state index is 10.7. The second-order valence-corrected chi connectivity index (χ2v) is 4.11. The smallest absolute Gasteiger partial charge is 0.307 e. The van der Waals surface area contributed by atoms with E-state index in [9.17, 15) is 4.79 Å². The molecule has 0 saturated heterocycles. The molecule has 0 amide bonds. The van der Waals surface area contributed by atoms with Gasteiger partial charge in [0, 0.05) is 25.8 Å². The number of carbonyl (C=O) groups is 1. The van der Waals surface area contributed by atoms with Gasteiger partial charge in [-0.15, -0.1) is 0 Å². The fraction of sp³-hybridized carbons (Fsp3) is 0.636. The fourth-order valence-electron chi connectivity index (χ4n) is 1.65. The zero-order valence-corrected chi connectivity index (χ0v) is 10.1. The van der Waals surface area contributed by atoms with E-state index in [1.807, 2.05) is 18.1 Å². The van der Waals surface area contributed by atoms with Crippen LogP contribution in [0.4, 0.5) is 0 Å². The standard InChI is InChI=1S/C11H19N3O2/c1-4-14-8-12-5-10(14)7-13(3)6-9(2)11(15)16/h5,8-9H,4,6-7H2,1-3H3,(H,15,16). The molecule has 1 atom stereocenters. The van der Waals surface area contributed by atoms with E-state index >= 15 is 0 Å². The molecule has 0 fully saturated rings. The van der Waals surface area contributed by atoms with E-state index < -0.39 is 5.97 Å². The maximum Gasteiger partial charge on any atom is 0.307 e. The summed E-state index contributed by atoms with van der Waals surface area (Å²) in [6, 6.07) is 0. The van der Waals surface area contributed by atoms with Gasteiger partial charge in [-0.3, -0.25) is 9.69 Å². The Balaban J connectivity index is 2.51. The Hall–Kier alpha value is -1.36. The Morgan fingerprint density at radius 3 is 2.94 bits per heavy atom. The van der Waals surface area contributed by atoms with Crippen LogP contribution in [0.3, 0.4) is 0 Å². The van der Waals surface area contributed by atoms with Gasteiger partial charge in [0.05, 0.1) is 17.9 Å². The first-order valence-electron chi connectivity index (χ1n) is 5.45. The van der Waals surface area contributed by atoms with Crippen molar-refractivity contribution in [2.45, 2.75) is 26.9 Å². The molecule has 1 rings (SSSR count). The van der Waals surface area contributed by atoms with E-state index in [4.69, 9.17) is 5.11 Å². The molecule has 0 aliphatic rings. The summed E-state index contributed by atoms with van der Waals surface area (Å²) < 4.78 is 2.06. The predicted octanol–water partition coefficient (Wildman–Crippen LogP) is 1.06. The van der Waals surface area contributed by atoms with Crippen LogP contribution < -0.4 is 0 Å². The van der Waals surface area contributed by atoms with Crippen molar-refractivity contribution >= 4 is 5.97 Å². The number of rotatable bonds is 6. The lowest BCUT2D eigenvalue weighted by Gasteiger charge is -2.19. The van der Waals surface area contributed by atoms with Crippen LogP contribution in [-0.2, 0) is 17.9 Å². The van der Waals surface area contributed by atoms with Crippen LogP contribution in [-0.4, -0.2) is 39.1 Å². The topological polar surface area (TPSA) is 58.4 Å². The Bertz CT molecular complexity index is 349. The van der Waals surface area contributed by atoms with E-state index in [0.717, 1.165) is 18.8 Å². The van der Waals surface area contributed by atoms with Crippen molar-refractivity contribution < 1.29 is 9.90 Å². The Labute approximate surface area is 95.7 Å². The van der Waals surface area contributed by atoms with Crippen LogP contribution in [0, 0.1) is 5.92 Å². The summed E-state index contributed by atoms with van der Waals surface area (Å²) in [6.45, 7) is 5.94. The number of nitrogens with zero attached hydrogens (tertiary/aromatic N) is 3. The average Bonchev–Trinajstić information content (AvgIpc) is 2.64. The molecular weight excluding hydrogens is 206 g/mol. The highest BCUT2D eigenvalue weighted by Crippen LogP contribution is 2.05. The van der Waals surface area contributed by atoms with Crippen molar-refractivity contribution in [3.8, 4) is 0 Å². The average molecular weight is 225 g/mol. The molecule has 1 aromatic heterocycles. The number of hydrogen-bond acceptors (Lipinski definition) is 3. The molecule has 1 unspecified atom stereocenters. The molecule has 90 valence electrons. The van der Waals surface area contributed by atoms with Gasteiger partial charge in [-0.05, 0) is 14.0 Å². The molecule has 0 aliphatic carbocycles. The molecule has 0 saturated carbocycles. The molecule has 5 nitrogen and oxygen atoms in total. The third-order valence-electron chi connectivity index (χ3n) is 2.58. The van der Waals surface area contributed by atoms with Crippen LogP contribution in [0.1, 0.15) is 19.5 Å². The first kappa shape index (κ1) is 12.7. The first-order valence-corrected chi connectivity index (χ1v) is 5.45. The van der Waals surface area contributed by atoms with Crippen molar-refractivity contribution in [3.63, 3.8) is 0 Å². The SMILES string of the molecule is CCn1cncc1CN(C)CC(C)C(=O)O. The highest BCUT2D eigenvalue weighted by molar-refractivity contribution is 5.69. The van der Waals surface area contributed by atoms with Gasteiger partial charge >= 0.3 is 5.97 Å². The zero-order chi connectivity index (χ0) is 12.1. The summed E-state index contributed by atoms with van der Waals surface area (Å²) in [5.74, 6) is -1.10. The number of aryl methyl sites for hydroxylation is 1. The minimum Gasteiger partial charge on any atom is -0.481 e.